The summed E-state index contributed by atoms with van der Waals surface area (Å²) in [4.78, 5) is 12.7. The standard InChI is InChI=1S/C34H53NO3/c1-8-10-11-12-13-14-15-16-23-38-28-20-18-27(19-21-28)35-31(36)22-17-26-24-29(33(3,4)5)32(37)30(25-26)34(6,7)9-2/h18-21,24-25,37H,8-17,22-23H2,1-7H3,(H,35,36). The average molecular weight is 524 g/mol. The lowest BCUT2D eigenvalue weighted by molar-refractivity contribution is -0.116. The van der Waals surface area contributed by atoms with E-state index in [0.29, 0.717) is 18.6 Å². The Balaban J connectivity index is 1.85. The van der Waals surface area contributed by atoms with Gasteiger partial charge in [-0.3, -0.25) is 4.79 Å². The first-order valence-corrected chi connectivity index (χ1v) is 14.9. The Morgan fingerprint density at radius 3 is 2.00 bits per heavy atom. The predicted octanol–water partition coefficient (Wildman–Crippen LogP) is 9.47. The molecule has 0 fully saturated rings. The van der Waals surface area contributed by atoms with Crippen LogP contribution in [0.25, 0.3) is 0 Å². The van der Waals surface area contributed by atoms with E-state index >= 15 is 0 Å². The largest absolute Gasteiger partial charge is 0.507 e. The van der Waals surface area contributed by atoms with E-state index in [1.54, 1.807) is 0 Å². The van der Waals surface area contributed by atoms with Crippen molar-refractivity contribution in [2.75, 3.05) is 11.9 Å². The number of anilines is 1. The molecule has 0 saturated heterocycles. The van der Waals surface area contributed by atoms with Gasteiger partial charge in [0.25, 0.3) is 0 Å². The normalized spacial score (nSPS) is 12.0. The molecule has 2 rings (SSSR count). The van der Waals surface area contributed by atoms with Gasteiger partial charge < -0.3 is 15.2 Å². The lowest BCUT2D eigenvalue weighted by Crippen LogP contribution is -2.20. The summed E-state index contributed by atoms with van der Waals surface area (Å²) < 4.78 is 5.88. The molecule has 0 heterocycles. The van der Waals surface area contributed by atoms with E-state index < -0.39 is 0 Å². The van der Waals surface area contributed by atoms with Crippen LogP contribution in [0.2, 0.25) is 0 Å². The van der Waals surface area contributed by atoms with Crippen molar-refractivity contribution in [1.29, 1.82) is 0 Å². The van der Waals surface area contributed by atoms with Crippen molar-refractivity contribution in [3.8, 4) is 11.5 Å². The molecule has 2 N–H and O–H groups in total. The third-order valence-electron chi connectivity index (χ3n) is 7.64. The van der Waals surface area contributed by atoms with Gasteiger partial charge in [-0.1, -0.05) is 106 Å². The van der Waals surface area contributed by atoms with Crippen LogP contribution in [0, 0.1) is 0 Å². The predicted molar refractivity (Wildman–Crippen MR) is 162 cm³/mol. The van der Waals surface area contributed by atoms with E-state index in [2.05, 4.69) is 65.9 Å². The van der Waals surface area contributed by atoms with Gasteiger partial charge in [-0.2, -0.15) is 0 Å². The van der Waals surface area contributed by atoms with Gasteiger partial charge in [0, 0.05) is 17.7 Å². The van der Waals surface area contributed by atoms with E-state index in [-0.39, 0.29) is 16.7 Å². The second-order valence-corrected chi connectivity index (χ2v) is 12.4. The molecule has 2 aromatic carbocycles. The molecule has 1 amide bonds. The number of nitrogens with one attached hydrogen (secondary N) is 1. The Hall–Kier alpha value is -2.49. The van der Waals surface area contributed by atoms with Crippen LogP contribution in [0.3, 0.4) is 0 Å². The number of amides is 1. The Morgan fingerprint density at radius 1 is 0.842 bits per heavy atom. The van der Waals surface area contributed by atoms with E-state index in [1.807, 2.05) is 24.3 Å². The molecule has 0 saturated carbocycles. The average Bonchev–Trinajstić information content (AvgIpc) is 2.87. The number of hydrogen-bond acceptors (Lipinski definition) is 3. The monoisotopic (exact) mass is 523 g/mol. The highest BCUT2D eigenvalue weighted by Gasteiger charge is 2.28. The van der Waals surface area contributed by atoms with Gasteiger partial charge in [-0.15, -0.1) is 0 Å². The number of phenols is 1. The smallest absolute Gasteiger partial charge is 0.224 e. The fourth-order valence-electron chi connectivity index (χ4n) is 4.66. The van der Waals surface area contributed by atoms with Gasteiger partial charge >= 0.3 is 0 Å². The zero-order valence-corrected chi connectivity index (χ0v) is 25.2. The van der Waals surface area contributed by atoms with Crippen LogP contribution < -0.4 is 10.1 Å². The number of unbranched alkanes of at least 4 members (excludes halogenated alkanes) is 7. The van der Waals surface area contributed by atoms with Crippen molar-refractivity contribution < 1.29 is 14.6 Å². The minimum absolute atomic E-state index is 0.0145. The Labute approximate surface area is 232 Å². The van der Waals surface area contributed by atoms with Crippen LogP contribution in [0.4, 0.5) is 5.69 Å². The van der Waals surface area contributed by atoms with Crippen LogP contribution in [0.15, 0.2) is 36.4 Å². The van der Waals surface area contributed by atoms with Crippen LogP contribution >= 0.6 is 0 Å². The summed E-state index contributed by atoms with van der Waals surface area (Å²) >= 11 is 0. The summed E-state index contributed by atoms with van der Waals surface area (Å²) in [6.07, 6.45) is 12.2. The number of carbonyl (C=O) groups excluding carboxylic acids is 1. The third kappa shape index (κ3) is 10.3. The highest BCUT2D eigenvalue weighted by atomic mass is 16.5. The van der Waals surface area contributed by atoms with Gasteiger partial charge in [-0.05, 0) is 65.5 Å². The van der Waals surface area contributed by atoms with Gasteiger partial charge in [0.05, 0.1) is 6.61 Å². The molecule has 0 unspecified atom stereocenters. The van der Waals surface area contributed by atoms with Crippen LogP contribution in [0.1, 0.15) is 129 Å². The molecule has 0 aliphatic heterocycles. The molecule has 0 radical (unpaired) electrons. The molecule has 4 heteroatoms. The third-order valence-corrected chi connectivity index (χ3v) is 7.64. The first-order chi connectivity index (χ1) is 18.0. The second-order valence-electron chi connectivity index (χ2n) is 12.4. The second kappa shape index (κ2) is 15.2. The molecule has 212 valence electrons. The van der Waals surface area contributed by atoms with Crippen molar-refractivity contribution >= 4 is 11.6 Å². The molecule has 0 aliphatic rings. The number of aryl methyl sites for hydroxylation is 1. The molecule has 38 heavy (non-hydrogen) atoms. The zero-order chi connectivity index (χ0) is 28.2. The Bertz CT molecular complexity index is 986. The maximum Gasteiger partial charge on any atom is 0.224 e. The summed E-state index contributed by atoms with van der Waals surface area (Å²) in [7, 11) is 0. The molecular weight excluding hydrogens is 470 g/mol. The van der Waals surface area contributed by atoms with Crippen LogP contribution in [-0.4, -0.2) is 17.6 Å². The van der Waals surface area contributed by atoms with Gasteiger partial charge in [0.15, 0.2) is 0 Å². The van der Waals surface area contributed by atoms with Crippen molar-refractivity contribution in [1.82, 2.24) is 0 Å². The highest BCUT2D eigenvalue weighted by Crippen LogP contribution is 2.41. The number of rotatable bonds is 16. The minimum Gasteiger partial charge on any atom is -0.507 e. The summed E-state index contributed by atoms with van der Waals surface area (Å²) in [6, 6.07) is 11.8. The molecule has 0 spiro atoms. The summed E-state index contributed by atoms with van der Waals surface area (Å²) in [6.45, 7) is 15.8. The van der Waals surface area contributed by atoms with Crippen molar-refractivity contribution in [2.45, 2.75) is 130 Å². The highest BCUT2D eigenvalue weighted by molar-refractivity contribution is 5.90. The fourth-order valence-corrected chi connectivity index (χ4v) is 4.66. The SMILES string of the molecule is CCCCCCCCCCOc1ccc(NC(=O)CCc2cc(C(C)(C)C)c(O)c(C(C)(C)CC)c2)cc1. The van der Waals surface area contributed by atoms with E-state index in [4.69, 9.17) is 4.74 Å². The van der Waals surface area contributed by atoms with Gasteiger partial charge in [0.1, 0.15) is 11.5 Å². The summed E-state index contributed by atoms with van der Waals surface area (Å²) in [5.74, 6) is 1.22. The number of carbonyl (C=O) groups is 1. The number of benzene rings is 2. The van der Waals surface area contributed by atoms with Crippen LogP contribution in [0.5, 0.6) is 11.5 Å². The minimum atomic E-state index is -0.182. The molecular formula is C34H53NO3. The number of hydrogen-bond donors (Lipinski definition) is 2. The maximum absolute atomic E-state index is 12.7. The zero-order valence-electron chi connectivity index (χ0n) is 25.2. The van der Waals surface area contributed by atoms with Gasteiger partial charge in [0.2, 0.25) is 5.91 Å². The quantitative estimate of drug-likeness (QED) is 0.215. The summed E-state index contributed by atoms with van der Waals surface area (Å²) in [5, 5.41) is 14.1. The first kappa shape index (κ1) is 31.7. The topological polar surface area (TPSA) is 58.6 Å². The van der Waals surface area contributed by atoms with Crippen molar-refractivity contribution in [2.24, 2.45) is 0 Å². The van der Waals surface area contributed by atoms with E-state index in [9.17, 15) is 9.90 Å². The van der Waals surface area contributed by atoms with Gasteiger partial charge in [-0.25, -0.2) is 0 Å². The fraction of sp³-hybridized carbons (Fsp3) is 0.618. The van der Waals surface area contributed by atoms with E-state index in [1.165, 1.54) is 44.9 Å². The maximum atomic E-state index is 12.7. The molecule has 4 nitrogen and oxygen atoms in total. The molecule has 0 bridgehead atoms. The van der Waals surface area contributed by atoms with E-state index in [0.717, 1.165) is 47.6 Å². The van der Waals surface area contributed by atoms with Crippen molar-refractivity contribution in [3.05, 3.63) is 53.1 Å². The Morgan fingerprint density at radius 2 is 1.42 bits per heavy atom. The Kier molecular flexibility index (Phi) is 12.7. The molecule has 0 aromatic heterocycles. The van der Waals surface area contributed by atoms with Crippen LogP contribution in [-0.2, 0) is 22.0 Å². The molecule has 0 atom stereocenters. The summed E-state index contributed by atoms with van der Waals surface area (Å²) in [5.41, 5.74) is 3.45. The number of aromatic hydroxyl groups is 1. The molecule has 2 aromatic rings. The number of phenolic OH excluding ortho intramolecular Hbond substituents is 1. The first-order valence-electron chi connectivity index (χ1n) is 14.9. The number of ether oxygens (including phenoxy) is 1. The lowest BCUT2D eigenvalue weighted by atomic mass is 9.76. The lowest BCUT2D eigenvalue weighted by Gasteiger charge is -2.30. The molecule has 0 aliphatic carbocycles. The van der Waals surface area contributed by atoms with Crippen molar-refractivity contribution in [3.63, 3.8) is 0 Å².